The third-order valence-corrected chi connectivity index (χ3v) is 2.89. The Labute approximate surface area is 102 Å². The molecule has 0 bridgehead atoms. The minimum Gasteiger partial charge on any atom is -0.396 e. The van der Waals surface area contributed by atoms with Crippen LogP contribution in [0.25, 0.3) is 0 Å². The van der Waals surface area contributed by atoms with E-state index >= 15 is 0 Å². The minimum absolute atomic E-state index is 0.00145. The molecule has 2 rings (SSSR count). The topological polar surface area (TPSA) is 83.7 Å². The van der Waals surface area contributed by atoms with Gasteiger partial charge in [0.1, 0.15) is 11.4 Å². The highest BCUT2D eigenvalue weighted by Gasteiger charge is 2.33. The molecule has 96 valence electrons. The molecular weight excluding hydrogens is 243 g/mol. The summed E-state index contributed by atoms with van der Waals surface area (Å²) >= 11 is 0. The fourth-order valence-corrected chi connectivity index (χ4v) is 1.86. The number of carbonyl (C=O) groups is 1. The Morgan fingerprint density at radius 2 is 2.22 bits per heavy atom. The molecule has 1 fully saturated rings. The van der Waals surface area contributed by atoms with Gasteiger partial charge in [-0.15, -0.1) is 0 Å². The Hall–Kier alpha value is -2.02. The van der Waals surface area contributed by atoms with Crippen LogP contribution < -0.4 is 0 Å². The molecule has 1 aliphatic rings. The van der Waals surface area contributed by atoms with Crippen LogP contribution in [0.15, 0.2) is 18.2 Å². The van der Waals surface area contributed by atoms with Crippen LogP contribution in [-0.4, -0.2) is 40.5 Å². The number of nitrogens with zero attached hydrogens (tertiary/aromatic N) is 2. The number of hydrogen-bond donors (Lipinski definition) is 1. The van der Waals surface area contributed by atoms with E-state index in [9.17, 15) is 19.3 Å². The van der Waals surface area contributed by atoms with Gasteiger partial charge in [-0.2, -0.15) is 0 Å². The zero-order valence-corrected chi connectivity index (χ0v) is 9.38. The molecule has 1 amide bonds. The summed E-state index contributed by atoms with van der Waals surface area (Å²) in [5.74, 6) is -1.27. The summed E-state index contributed by atoms with van der Waals surface area (Å²) in [6, 6.07) is 2.79. The second kappa shape index (κ2) is 4.69. The molecule has 0 saturated carbocycles. The number of carbonyl (C=O) groups excluding carboxylic acids is 1. The zero-order valence-electron chi connectivity index (χ0n) is 9.38. The molecule has 0 radical (unpaired) electrons. The molecule has 1 N–H and O–H groups in total. The maximum absolute atomic E-state index is 13.1. The average molecular weight is 254 g/mol. The largest absolute Gasteiger partial charge is 0.396 e. The van der Waals surface area contributed by atoms with Crippen molar-refractivity contribution < 1.29 is 19.2 Å². The summed E-state index contributed by atoms with van der Waals surface area (Å²) in [5, 5.41) is 19.6. The fourth-order valence-electron chi connectivity index (χ4n) is 1.86. The Morgan fingerprint density at radius 3 is 2.78 bits per heavy atom. The molecule has 0 spiro atoms. The Bertz CT molecular complexity index is 500. The third-order valence-electron chi connectivity index (χ3n) is 2.89. The van der Waals surface area contributed by atoms with Crippen LogP contribution in [0.1, 0.15) is 10.4 Å². The van der Waals surface area contributed by atoms with Gasteiger partial charge in [0, 0.05) is 31.7 Å². The first-order valence-electron chi connectivity index (χ1n) is 5.37. The van der Waals surface area contributed by atoms with Gasteiger partial charge in [0.25, 0.3) is 11.6 Å². The van der Waals surface area contributed by atoms with Gasteiger partial charge in [-0.25, -0.2) is 4.39 Å². The number of hydrogen-bond acceptors (Lipinski definition) is 4. The predicted molar refractivity (Wildman–Crippen MR) is 59.5 cm³/mol. The lowest BCUT2D eigenvalue weighted by molar-refractivity contribution is -0.385. The average Bonchev–Trinajstić information content (AvgIpc) is 2.26. The third kappa shape index (κ3) is 2.17. The van der Waals surface area contributed by atoms with E-state index in [2.05, 4.69) is 0 Å². The predicted octanol–water partition coefficient (Wildman–Crippen LogP) is 0.798. The van der Waals surface area contributed by atoms with E-state index in [1.165, 1.54) is 4.90 Å². The molecule has 18 heavy (non-hydrogen) atoms. The number of amides is 1. The lowest BCUT2D eigenvalue weighted by Crippen LogP contribution is -2.51. The number of nitro benzene ring substituents is 1. The first-order valence-corrected chi connectivity index (χ1v) is 5.37. The molecule has 1 saturated heterocycles. The summed E-state index contributed by atoms with van der Waals surface area (Å²) in [6.07, 6.45) is 0. The molecule has 7 heteroatoms. The first-order chi connectivity index (χ1) is 8.52. The van der Waals surface area contributed by atoms with Crippen molar-refractivity contribution >= 4 is 11.6 Å². The van der Waals surface area contributed by atoms with Crippen molar-refractivity contribution in [2.45, 2.75) is 0 Å². The van der Waals surface area contributed by atoms with Crippen molar-refractivity contribution in [3.8, 4) is 0 Å². The monoisotopic (exact) mass is 254 g/mol. The van der Waals surface area contributed by atoms with Crippen molar-refractivity contribution in [1.82, 2.24) is 4.90 Å². The van der Waals surface area contributed by atoms with Crippen molar-refractivity contribution in [2.75, 3.05) is 19.7 Å². The van der Waals surface area contributed by atoms with E-state index < -0.39 is 22.3 Å². The second-order valence-corrected chi connectivity index (χ2v) is 4.18. The number of nitro groups is 1. The lowest BCUT2D eigenvalue weighted by Gasteiger charge is -2.38. The second-order valence-electron chi connectivity index (χ2n) is 4.18. The van der Waals surface area contributed by atoms with Crippen LogP contribution in [0.2, 0.25) is 0 Å². The number of benzene rings is 1. The summed E-state index contributed by atoms with van der Waals surface area (Å²) in [5.41, 5.74) is -0.662. The number of aliphatic hydroxyl groups is 1. The van der Waals surface area contributed by atoms with E-state index in [0.29, 0.717) is 13.1 Å². The van der Waals surface area contributed by atoms with E-state index in [1.807, 2.05) is 0 Å². The molecule has 0 atom stereocenters. The molecule has 6 nitrogen and oxygen atoms in total. The zero-order chi connectivity index (χ0) is 13.3. The van der Waals surface area contributed by atoms with Gasteiger partial charge in [-0.3, -0.25) is 14.9 Å². The number of aliphatic hydroxyl groups excluding tert-OH is 1. The molecule has 0 unspecified atom stereocenters. The van der Waals surface area contributed by atoms with Crippen molar-refractivity contribution in [3.05, 3.63) is 39.7 Å². The molecule has 1 aliphatic heterocycles. The van der Waals surface area contributed by atoms with Gasteiger partial charge in [0.15, 0.2) is 0 Å². The molecule has 0 aliphatic carbocycles. The van der Waals surface area contributed by atoms with Gasteiger partial charge in [-0.1, -0.05) is 0 Å². The quantitative estimate of drug-likeness (QED) is 0.638. The standard InChI is InChI=1S/C11H11FN2O4/c12-8-1-2-10(14(17)18)9(3-8)11(16)13-4-7(5-13)6-15/h1-3,7,15H,4-6H2. The van der Waals surface area contributed by atoms with Crippen molar-refractivity contribution in [2.24, 2.45) is 5.92 Å². The summed E-state index contributed by atoms with van der Waals surface area (Å²) in [4.78, 5) is 23.3. The normalized spacial score (nSPS) is 15.3. The maximum Gasteiger partial charge on any atom is 0.282 e. The highest BCUT2D eigenvalue weighted by atomic mass is 19.1. The molecule has 1 aromatic rings. The summed E-state index contributed by atoms with van der Waals surface area (Å²) in [6.45, 7) is 0.640. The number of rotatable bonds is 3. The van der Waals surface area contributed by atoms with Crippen LogP contribution in [0, 0.1) is 21.8 Å². The Balaban J connectivity index is 2.24. The van der Waals surface area contributed by atoms with Crippen molar-refractivity contribution in [3.63, 3.8) is 0 Å². The van der Waals surface area contributed by atoms with Gasteiger partial charge in [-0.05, 0) is 12.1 Å². The van der Waals surface area contributed by atoms with Crippen LogP contribution in [-0.2, 0) is 0 Å². The van der Waals surface area contributed by atoms with E-state index in [4.69, 9.17) is 5.11 Å². The highest BCUT2D eigenvalue weighted by Crippen LogP contribution is 2.25. The lowest BCUT2D eigenvalue weighted by atomic mass is 9.99. The van der Waals surface area contributed by atoms with E-state index in [-0.39, 0.29) is 18.1 Å². The molecule has 1 heterocycles. The Morgan fingerprint density at radius 1 is 1.56 bits per heavy atom. The smallest absolute Gasteiger partial charge is 0.282 e. The van der Waals surface area contributed by atoms with Crippen LogP contribution in [0.3, 0.4) is 0 Å². The van der Waals surface area contributed by atoms with Crippen LogP contribution in [0.4, 0.5) is 10.1 Å². The van der Waals surface area contributed by atoms with Gasteiger partial charge < -0.3 is 10.0 Å². The SMILES string of the molecule is O=C(c1cc(F)ccc1[N+](=O)[O-])N1CC(CO)C1. The molecule has 1 aromatic carbocycles. The maximum atomic E-state index is 13.1. The van der Waals surface area contributed by atoms with Crippen LogP contribution >= 0.6 is 0 Å². The van der Waals surface area contributed by atoms with Gasteiger partial charge in [0.2, 0.25) is 0 Å². The highest BCUT2D eigenvalue weighted by molar-refractivity contribution is 5.98. The Kier molecular flexibility index (Phi) is 3.24. The van der Waals surface area contributed by atoms with Crippen molar-refractivity contribution in [1.29, 1.82) is 0 Å². The first kappa shape index (κ1) is 12.4. The summed E-state index contributed by atoms with van der Waals surface area (Å²) in [7, 11) is 0. The van der Waals surface area contributed by atoms with Gasteiger partial charge >= 0.3 is 0 Å². The fraction of sp³-hybridized carbons (Fsp3) is 0.364. The molecular formula is C11H11FN2O4. The van der Waals surface area contributed by atoms with E-state index in [0.717, 1.165) is 18.2 Å². The van der Waals surface area contributed by atoms with Gasteiger partial charge in [0.05, 0.1) is 4.92 Å². The number of halogens is 1. The van der Waals surface area contributed by atoms with Crippen LogP contribution in [0.5, 0.6) is 0 Å². The minimum atomic E-state index is -0.712. The number of likely N-dealkylation sites (tertiary alicyclic amines) is 1. The molecule has 0 aromatic heterocycles. The summed E-state index contributed by atoms with van der Waals surface area (Å²) < 4.78 is 13.1. The van der Waals surface area contributed by atoms with E-state index in [1.54, 1.807) is 0 Å².